The molecule has 4 nitrogen and oxygen atoms in total. The fourth-order valence-corrected chi connectivity index (χ4v) is 6.36. The molecule has 0 aromatic carbocycles. The van der Waals surface area contributed by atoms with Crippen LogP contribution in [-0.2, 0) is 9.53 Å². The smallest absolute Gasteiger partial charge is 0.275 e. The number of ether oxygens (including phenoxy) is 1. The maximum atomic E-state index is 12.6. The SMILES string of the molecule is C[C@@H]1C[NH+](CC(=O)NC23CC4CC(CC(C4)C2)C3)C[C@@H](C)O1. The number of morpholine rings is 1. The Hall–Kier alpha value is -0.610. The summed E-state index contributed by atoms with van der Waals surface area (Å²) in [7, 11) is 0. The zero-order chi connectivity index (χ0) is 15.3. The van der Waals surface area contributed by atoms with E-state index in [1.807, 2.05) is 0 Å². The molecule has 22 heavy (non-hydrogen) atoms. The van der Waals surface area contributed by atoms with Crippen LogP contribution < -0.4 is 10.2 Å². The van der Waals surface area contributed by atoms with Crippen LogP contribution in [0.3, 0.4) is 0 Å². The van der Waals surface area contributed by atoms with Crippen LogP contribution in [0.15, 0.2) is 0 Å². The second-order valence-corrected chi connectivity index (χ2v) is 8.84. The Morgan fingerprint density at radius 1 is 1.05 bits per heavy atom. The first-order valence-corrected chi connectivity index (χ1v) is 9.30. The summed E-state index contributed by atoms with van der Waals surface area (Å²) in [4.78, 5) is 14.0. The van der Waals surface area contributed by atoms with E-state index in [4.69, 9.17) is 4.74 Å². The highest BCUT2D eigenvalue weighted by atomic mass is 16.5. The normalized spacial score (nSPS) is 50.1. The Morgan fingerprint density at radius 3 is 2.05 bits per heavy atom. The van der Waals surface area contributed by atoms with Crippen LogP contribution >= 0.6 is 0 Å². The monoisotopic (exact) mass is 307 g/mol. The van der Waals surface area contributed by atoms with Crippen LogP contribution in [0.4, 0.5) is 0 Å². The number of hydrogen-bond donors (Lipinski definition) is 2. The quantitative estimate of drug-likeness (QED) is 0.808. The molecular formula is C18H31N2O2+. The maximum absolute atomic E-state index is 12.6. The Morgan fingerprint density at radius 2 is 1.55 bits per heavy atom. The van der Waals surface area contributed by atoms with E-state index in [2.05, 4.69) is 19.2 Å². The summed E-state index contributed by atoms with van der Waals surface area (Å²) in [5, 5.41) is 3.50. The lowest BCUT2D eigenvalue weighted by atomic mass is 9.53. The van der Waals surface area contributed by atoms with Crippen molar-refractivity contribution in [1.82, 2.24) is 5.32 Å². The van der Waals surface area contributed by atoms with Crippen molar-refractivity contribution in [3.8, 4) is 0 Å². The number of quaternary nitrogens is 1. The Kier molecular flexibility index (Phi) is 3.73. The van der Waals surface area contributed by atoms with Gasteiger partial charge in [-0.3, -0.25) is 4.79 Å². The highest BCUT2D eigenvalue weighted by molar-refractivity contribution is 5.77. The largest absolute Gasteiger partial charge is 0.364 e. The van der Waals surface area contributed by atoms with Gasteiger partial charge in [-0.15, -0.1) is 0 Å². The summed E-state index contributed by atoms with van der Waals surface area (Å²) in [6, 6.07) is 0. The van der Waals surface area contributed by atoms with Crippen molar-refractivity contribution in [3.05, 3.63) is 0 Å². The van der Waals surface area contributed by atoms with E-state index < -0.39 is 0 Å². The van der Waals surface area contributed by atoms with Crippen molar-refractivity contribution in [3.63, 3.8) is 0 Å². The predicted molar refractivity (Wildman–Crippen MR) is 84.6 cm³/mol. The molecule has 4 saturated carbocycles. The molecule has 1 aliphatic heterocycles. The van der Waals surface area contributed by atoms with Gasteiger partial charge in [0, 0.05) is 5.54 Å². The van der Waals surface area contributed by atoms with Gasteiger partial charge in [0.1, 0.15) is 25.3 Å². The molecule has 0 aromatic heterocycles. The zero-order valence-electron chi connectivity index (χ0n) is 14.1. The van der Waals surface area contributed by atoms with Gasteiger partial charge in [-0.2, -0.15) is 0 Å². The van der Waals surface area contributed by atoms with Gasteiger partial charge in [-0.25, -0.2) is 0 Å². The highest BCUT2D eigenvalue weighted by Gasteiger charge is 2.51. The minimum Gasteiger partial charge on any atom is -0.364 e. The number of nitrogens with one attached hydrogen (secondary N) is 2. The molecule has 0 radical (unpaired) electrons. The molecule has 5 fully saturated rings. The zero-order valence-corrected chi connectivity index (χ0v) is 14.1. The van der Waals surface area contributed by atoms with Crippen molar-refractivity contribution >= 4 is 5.91 Å². The molecule has 0 spiro atoms. The fourth-order valence-electron chi connectivity index (χ4n) is 6.36. The topological polar surface area (TPSA) is 42.8 Å². The van der Waals surface area contributed by atoms with Gasteiger partial charge in [0.2, 0.25) is 0 Å². The molecule has 4 heteroatoms. The van der Waals surface area contributed by atoms with Gasteiger partial charge in [0.15, 0.2) is 6.54 Å². The fraction of sp³-hybridized carbons (Fsp3) is 0.944. The molecule has 0 unspecified atom stereocenters. The summed E-state index contributed by atoms with van der Waals surface area (Å²) in [5.74, 6) is 2.95. The molecule has 2 N–H and O–H groups in total. The lowest BCUT2D eigenvalue weighted by molar-refractivity contribution is -0.907. The number of hydrogen-bond acceptors (Lipinski definition) is 2. The third-order valence-electron chi connectivity index (χ3n) is 6.47. The van der Waals surface area contributed by atoms with Crippen LogP contribution in [0.1, 0.15) is 52.4 Å². The first-order chi connectivity index (χ1) is 10.5. The van der Waals surface area contributed by atoms with Gasteiger partial charge >= 0.3 is 0 Å². The van der Waals surface area contributed by atoms with Gasteiger partial charge < -0.3 is 15.0 Å². The Labute approximate surface area is 134 Å². The van der Waals surface area contributed by atoms with E-state index in [1.165, 1.54) is 43.4 Å². The van der Waals surface area contributed by atoms with Crippen molar-refractivity contribution < 1.29 is 14.4 Å². The van der Waals surface area contributed by atoms with Crippen LogP contribution in [0.5, 0.6) is 0 Å². The lowest BCUT2D eigenvalue weighted by Crippen LogP contribution is -3.16. The van der Waals surface area contributed by atoms with Gasteiger partial charge in [-0.05, 0) is 70.1 Å². The van der Waals surface area contributed by atoms with E-state index in [1.54, 1.807) is 0 Å². The molecule has 124 valence electrons. The van der Waals surface area contributed by atoms with Gasteiger partial charge in [0.25, 0.3) is 5.91 Å². The molecule has 1 amide bonds. The highest BCUT2D eigenvalue weighted by Crippen LogP contribution is 2.55. The summed E-state index contributed by atoms with van der Waals surface area (Å²) in [6.07, 6.45) is 8.57. The maximum Gasteiger partial charge on any atom is 0.275 e. The number of carbonyl (C=O) groups is 1. The standard InChI is InChI=1S/C18H30N2O2/c1-12-9-20(10-13(2)22-12)11-17(21)19-18-6-14-3-15(7-18)5-16(4-14)8-18/h12-16H,3-11H2,1-2H3,(H,19,21)/p+1/t12-,13-,14?,15?,16?,18?/m1/s1. The molecule has 4 aliphatic carbocycles. The summed E-state index contributed by atoms with van der Waals surface area (Å²) < 4.78 is 5.78. The van der Waals surface area contributed by atoms with Crippen molar-refractivity contribution in [2.45, 2.75) is 70.1 Å². The van der Waals surface area contributed by atoms with E-state index in [0.717, 1.165) is 30.8 Å². The van der Waals surface area contributed by atoms with Crippen molar-refractivity contribution in [2.24, 2.45) is 17.8 Å². The third kappa shape index (κ3) is 2.92. The van der Waals surface area contributed by atoms with E-state index >= 15 is 0 Å². The number of amides is 1. The molecule has 2 atom stereocenters. The molecular weight excluding hydrogens is 276 g/mol. The number of carbonyl (C=O) groups excluding carboxylic acids is 1. The molecule has 5 aliphatic rings. The Balaban J connectivity index is 1.36. The van der Waals surface area contributed by atoms with Gasteiger partial charge in [-0.1, -0.05) is 0 Å². The molecule has 0 aromatic rings. The molecule has 1 saturated heterocycles. The first-order valence-electron chi connectivity index (χ1n) is 9.30. The van der Waals surface area contributed by atoms with Crippen molar-refractivity contribution in [1.29, 1.82) is 0 Å². The van der Waals surface area contributed by atoms with Crippen LogP contribution in [0.2, 0.25) is 0 Å². The van der Waals surface area contributed by atoms with E-state index in [0.29, 0.717) is 6.54 Å². The third-order valence-corrected chi connectivity index (χ3v) is 6.47. The number of rotatable bonds is 3. The minimum atomic E-state index is 0.162. The second-order valence-electron chi connectivity index (χ2n) is 8.84. The summed E-state index contributed by atoms with van der Waals surface area (Å²) in [6.45, 7) is 6.77. The average Bonchev–Trinajstić information content (AvgIpc) is 2.33. The molecule has 5 rings (SSSR count). The second kappa shape index (κ2) is 5.48. The Bertz CT molecular complexity index is 405. The van der Waals surface area contributed by atoms with Crippen LogP contribution in [-0.4, -0.2) is 43.3 Å². The molecule has 4 bridgehead atoms. The minimum absolute atomic E-state index is 0.162. The lowest BCUT2D eigenvalue weighted by Gasteiger charge is -2.56. The van der Waals surface area contributed by atoms with Crippen LogP contribution in [0, 0.1) is 17.8 Å². The van der Waals surface area contributed by atoms with E-state index in [9.17, 15) is 4.79 Å². The first kappa shape index (κ1) is 14.9. The van der Waals surface area contributed by atoms with E-state index in [-0.39, 0.29) is 23.7 Å². The van der Waals surface area contributed by atoms with Gasteiger partial charge in [0.05, 0.1) is 0 Å². The summed E-state index contributed by atoms with van der Waals surface area (Å²) >= 11 is 0. The van der Waals surface area contributed by atoms with Crippen molar-refractivity contribution in [2.75, 3.05) is 19.6 Å². The predicted octanol–water partition coefficient (Wildman–Crippen LogP) is 0.764. The average molecular weight is 307 g/mol. The van der Waals surface area contributed by atoms with Crippen LogP contribution in [0.25, 0.3) is 0 Å². The summed E-state index contributed by atoms with van der Waals surface area (Å²) in [5.41, 5.74) is 0.162. The molecule has 1 heterocycles.